The number of rotatable bonds is 62. The first-order chi connectivity index (χ1) is 40.5. The van der Waals surface area contributed by atoms with Crippen molar-refractivity contribution < 1.29 is 28.6 Å². The van der Waals surface area contributed by atoms with E-state index in [0.29, 0.717) is 19.3 Å². The molecule has 0 aromatic heterocycles. The molecule has 0 aliphatic carbocycles. The molecule has 0 radical (unpaired) electrons. The highest BCUT2D eigenvalue weighted by Gasteiger charge is 2.19. The topological polar surface area (TPSA) is 78.9 Å². The van der Waals surface area contributed by atoms with E-state index in [4.69, 9.17) is 14.2 Å². The molecular weight excluding hydrogens is 1010 g/mol. The molecule has 468 valence electrons. The van der Waals surface area contributed by atoms with Gasteiger partial charge in [-0.25, -0.2) is 0 Å². The lowest BCUT2D eigenvalue weighted by Crippen LogP contribution is -2.30. The minimum absolute atomic E-state index is 0.0890. The first-order valence-electron chi connectivity index (χ1n) is 34.5. The first kappa shape index (κ1) is 77.8. The van der Waals surface area contributed by atoms with Crippen LogP contribution in [0.25, 0.3) is 0 Å². The van der Waals surface area contributed by atoms with E-state index < -0.39 is 6.10 Å². The Labute approximate surface area is 507 Å². The Hall–Kier alpha value is -4.19. The highest BCUT2D eigenvalue weighted by atomic mass is 16.6. The molecule has 0 saturated carbocycles. The van der Waals surface area contributed by atoms with Gasteiger partial charge >= 0.3 is 17.9 Å². The van der Waals surface area contributed by atoms with Crippen LogP contribution in [0.5, 0.6) is 0 Å². The van der Waals surface area contributed by atoms with Crippen molar-refractivity contribution in [2.24, 2.45) is 0 Å². The summed E-state index contributed by atoms with van der Waals surface area (Å²) in [5.74, 6) is -0.904. The first-order valence-corrected chi connectivity index (χ1v) is 34.5. The van der Waals surface area contributed by atoms with Crippen LogP contribution in [0.15, 0.2) is 122 Å². The highest BCUT2D eigenvalue weighted by Crippen LogP contribution is 2.16. The number of hydrogen-bond acceptors (Lipinski definition) is 6. The van der Waals surface area contributed by atoms with Crippen LogP contribution in [0.4, 0.5) is 0 Å². The molecule has 1 unspecified atom stereocenters. The van der Waals surface area contributed by atoms with Crippen LogP contribution in [0.3, 0.4) is 0 Å². The van der Waals surface area contributed by atoms with Crippen LogP contribution in [0.2, 0.25) is 0 Å². The second-order valence-electron chi connectivity index (χ2n) is 22.7. The number of allylic oxidation sites excluding steroid dienone is 20. The molecule has 0 heterocycles. The number of unbranched alkanes of at least 4 members (excludes halogenated alkanes) is 31. The lowest BCUT2D eigenvalue weighted by molar-refractivity contribution is -0.167. The van der Waals surface area contributed by atoms with Crippen molar-refractivity contribution in [2.75, 3.05) is 13.2 Å². The number of ether oxygens (including phenoxy) is 3. The summed E-state index contributed by atoms with van der Waals surface area (Å²) in [4.78, 5) is 38.4. The molecule has 0 aliphatic rings. The molecule has 1 atom stereocenters. The van der Waals surface area contributed by atoms with Gasteiger partial charge in [0.1, 0.15) is 13.2 Å². The molecule has 0 spiro atoms. The van der Waals surface area contributed by atoms with Gasteiger partial charge in [0.05, 0.1) is 0 Å². The van der Waals surface area contributed by atoms with Crippen LogP contribution in [-0.4, -0.2) is 37.2 Å². The Morgan fingerprint density at radius 3 is 0.756 bits per heavy atom. The number of esters is 3. The molecular formula is C76H128O6. The summed E-state index contributed by atoms with van der Waals surface area (Å²) in [6, 6.07) is 0. The van der Waals surface area contributed by atoms with Crippen LogP contribution in [0.1, 0.15) is 323 Å². The lowest BCUT2D eigenvalue weighted by atomic mass is 10.1. The van der Waals surface area contributed by atoms with Gasteiger partial charge in [-0.1, -0.05) is 290 Å². The molecule has 0 aliphatic heterocycles. The zero-order valence-corrected chi connectivity index (χ0v) is 53.7. The molecule has 0 fully saturated rings. The highest BCUT2D eigenvalue weighted by molar-refractivity contribution is 5.71. The summed E-state index contributed by atoms with van der Waals surface area (Å²) in [5, 5.41) is 0. The van der Waals surface area contributed by atoms with Crippen LogP contribution < -0.4 is 0 Å². The average Bonchev–Trinajstić information content (AvgIpc) is 3.48. The second-order valence-corrected chi connectivity index (χ2v) is 22.7. The van der Waals surface area contributed by atoms with E-state index in [1.807, 2.05) is 0 Å². The van der Waals surface area contributed by atoms with E-state index in [2.05, 4.69) is 142 Å². The van der Waals surface area contributed by atoms with Gasteiger partial charge in [-0.15, -0.1) is 0 Å². The van der Waals surface area contributed by atoms with Gasteiger partial charge in [-0.3, -0.25) is 14.4 Å². The van der Waals surface area contributed by atoms with Gasteiger partial charge in [-0.2, -0.15) is 0 Å². The summed E-state index contributed by atoms with van der Waals surface area (Å²) in [6.45, 7) is 6.51. The monoisotopic (exact) mass is 1140 g/mol. The molecule has 6 nitrogen and oxygen atoms in total. The Balaban J connectivity index is 4.38. The van der Waals surface area contributed by atoms with Gasteiger partial charge < -0.3 is 14.2 Å². The molecule has 0 aromatic carbocycles. The number of carbonyl (C=O) groups excluding carboxylic acids is 3. The van der Waals surface area contributed by atoms with Gasteiger partial charge in [0.2, 0.25) is 0 Å². The molecule has 0 amide bonds. The fourth-order valence-electron chi connectivity index (χ4n) is 9.51. The maximum atomic E-state index is 13.0. The maximum absolute atomic E-state index is 13.0. The van der Waals surface area contributed by atoms with Gasteiger partial charge in [-0.05, 0) is 135 Å². The fourth-order valence-corrected chi connectivity index (χ4v) is 9.51. The van der Waals surface area contributed by atoms with E-state index in [-0.39, 0.29) is 31.1 Å². The number of hydrogen-bond donors (Lipinski definition) is 0. The third-order valence-corrected chi connectivity index (χ3v) is 14.7. The standard InChI is InChI=1S/C76H128O6/c1-4-7-10-13-16-19-22-25-28-30-32-34-36-37-38-39-41-42-44-46-48-51-54-57-60-63-66-69-75(78)81-72-73(71-80-74(77)68-65-62-59-56-53-50-27-24-21-18-15-12-9-6-3)82-76(79)70-67-64-61-58-55-52-49-47-45-43-40-35-33-31-29-26-23-20-17-14-11-8-5-2/h7,10,16,19,23-28,31-34,37-38,40-43,73H,4-6,8-9,11-15,17-18,20-22,29-30,35-36,39,44-72H2,1-3H3/b10-7-,19-16-,26-23-,27-24-,28-25-,33-31-,34-32-,38-37-,42-41-,43-40-. The van der Waals surface area contributed by atoms with Crippen molar-refractivity contribution in [3.8, 4) is 0 Å². The van der Waals surface area contributed by atoms with Crippen LogP contribution in [-0.2, 0) is 28.6 Å². The molecule has 0 bridgehead atoms. The van der Waals surface area contributed by atoms with E-state index in [1.165, 1.54) is 154 Å². The third-order valence-electron chi connectivity index (χ3n) is 14.7. The molecule has 6 heteroatoms. The molecule has 0 aromatic rings. The normalized spacial score (nSPS) is 12.9. The fraction of sp³-hybridized carbons (Fsp3) is 0.697. The molecule has 0 saturated heterocycles. The van der Waals surface area contributed by atoms with Crippen molar-refractivity contribution in [3.63, 3.8) is 0 Å². The third kappa shape index (κ3) is 66.6. The van der Waals surface area contributed by atoms with Gasteiger partial charge in [0.15, 0.2) is 6.10 Å². The molecule has 0 rings (SSSR count). The Morgan fingerprint density at radius 1 is 0.256 bits per heavy atom. The van der Waals surface area contributed by atoms with Crippen molar-refractivity contribution in [2.45, 2.75) is 329 Å². The smallest absolute Gasteiger partial charge is 0.306 e. The van der Waals surface area contributed by atoms with Crippen molar-refractivity contribution >= 4 is 17.9 Å². The maximum Gasteiger partial charge on any atom is 0.306 e. The predicted molar refractivity (Wildman–Crippen MR) is 357 cm³/mol. The zero-order chi connectivity index (χ0) is 59.2. The van der Waals surface area contributed by atoms with Crippen LogP contribution >= 0.6 is 0 Å². The SMILES string of the molecule is CC/C=C\C/C=C\C/C=C\C/C=C\C/C=C\C/C=C\CCCCCCCCCCC(=O)OCC(COC(=O)CCCCCCC/C=C\CCCCCCC)OC(=O)CCCCCCCCCC/C=C\C/C=C\C/C=C\CCCCCCC. The largest absolute Gasteiger partial charge is 0.462 e. The minimum atomic E-state index is -0.794. The zero-order valence-electron chi connectivity index (χ0n) is 53.7. The number of carbonyl (C=O) groups is 3. The van der Waals surface area contributed by atoms with E-state index in [1.54, 1.807) is 0 Å². The Bertz CT molecular complexity index is 1690. The van der Waals surface area contributed by atoms with Crippen molar-refractivity contribution in [3.05, 3.63) is 122 Å². The van der Waals surface area contributed by atoms with E-state index in [0.717, 1.165) is 128 Å². The lowest BCUT2D eigenvalue weighted by Gasteiger charge is -2.18. The molecule has 0 N–H and O–H groups in total. The summed E-state index contributed by atoms with van der Waals surface area (Å²) in [5.41, 5.74) is 0. The summed E-state index contributed by atoms with van der Waals surface area (Å²) < 4.78 is 17.0. The summed E-state index contributed by atoms with van der Waals surface area (Å²) >= 11 is 0. The van der Waals surface area contributed by atoms with Crippen LogP contribution in [0, 0.1) is 0 Å². The average molecular weight is 1140 g/mol. The quantitative estimate of drug-likeness (QED) is 0.0261. The van der Waals surface area contributed by atoms with Gasteiger partial charge in [0.25, 0.3) is 0 Å². The predicted octanol–water partition coefficient (Wildman–Crippen LogP) is 23.9. The Morgan fingerprint density at radius 2 is 0.476 bits per heavy atom. The van der Waals surface area contributed by atoms with Crippen molar-refractivity contribution in [1.82, 2.24) is 0 Å². The van der Waals surface area contributed by atoms with Crippen molar-refractivity contribution in [1.29, 1.82) is 0 Å². The van der Waals surface area contributed by atoms with E-state index >= 15 is 0 Å². The summed E-state index contributed by atoms with van der Waals surface area (Å²) in [6.07, 6.45) is 96.3. The minimum Gasteiger partial charge on any atom is -0.462 e. The summed E-state index contributed by atoms with van der Waals surface area (Å²) in [7, 11) is 0. The second kappa shape index (κ2) is 69.3. The molecule has 82 heavy (non-hydrogen) atoms. The Kier molecular flexibility index (Phi) is 65.8. The van der Waals surface area contributed by atoms with E-state index in [9.17, 15) is 14.4 Å². The van der Waals surface area contributed by atoms with Gasteiger partial charge in [0, 0.05) is 19.3 Å².